The van der Waals surface area contributed by atoms with Gasteiger partial charge in [0.2, 0.25) is 0 Å². The molecule has 1 aliphatic rings. The molecule has 1 aromatic heterocycles. The van der Waals surface area contributed by atoms with Gasteiger partial charge in [0.15, 0.2) is 0 Å². The first-order valence-corrected chi connectivity index (χ1v) is 7.07. The van der Waals surface area contributed by atoms with Crippen molar-refractivity contribution in [1.29, 1.82) is 0 Å². The number of pyridine rings is 1. The van der Waals surface area contributed by atoms with Gasteiger partial charge in [-0.1, -0.05) is 19.3 Å². The van der Waals surface area contributed by atoms with Crippen molar-refractivity contribution in [2.45, 2.75) is 57.5 Å². The topological polar surface area (TPSA) is 54.0 Å². The second-order valence-electron chi connectivity index (χ2n) is 5.79. The van der Waals surface area contributed by atoms with Gasteiger partial charge >= 0.3 is 6.03 Å². The average molecular weight is 261 g/mol. The van der Waals surface area contributed by atoms with Crippen LogP contribution in [0.4, 0.5) is 4.79 Å². The Bertz CT molecular complexity index is 411. The molecule has 2 amide bonds. The number of nitrogens with one attached hydrogen (secondary N) is 2. The fraction of sp³-hybridized carbons (Fsp3) is 0.600. The zero-order valence-electron chi connectivity index (χ0n) is 11.8. The zero-order valence-corrected chi connectivity index (χ0v) is 11.8. The monoisotopic (exact) mass is 261 g/mol. The Hall–Kier alpha value is -1.58. The number of carbonyl (C=O) groups is 1. The number of urea groups is 1. The maximum atomic E-state index is 12.1. The third kappa shape index (κ3) is 3.94. The Morgan fingerprint density at radius 1 is 1.21 bits per heavy atom. The fourth-order valence-corrected chi connectivity index (χ4v) is 2.59. The Labute approximate surface area is 115 Å². The van der Waals surface area contributed by atoms with Gasteiger partial charge in [-0.15, -0.1) is 0 Å². The Balaban J connectivity index is 1.90. The van der Waals surface area contributed by atoms with Crippen LogP contribution in [-0.4, -0.2) is 17.1 Å². The molecule has 0 spiro atoms. The highest BCUT2D eigenvalue weighted by atomic mass is 16.2. The summed E-state index contributed by atoms with van der Waals surface area (Å²) in [6, 6.07) is 4.12. The van der Waals surface area contributed by atoms with E-state index >= 15 is 0 Å². The first-order valence-electron chi connectivity index (χ1n) is 7.07. The van der Waals surface area contributed by atoms with Crippen molar-refractivity contribution in [2.24, 2.45) is 0 Å². The minimum atomic E-state index is -0.387. The molecule has 4 heteroatoms. The summed E-state index contributed by atoms with van der Waals surface area (Å²) < 4.78 is 0. The number of aromatic nitrogens is 1. The van der Waals surface area contributed by atoms with Gasteiger partial charge in [0.05, 0.1) is 5.54 Å². The molecule has 104 valence electrons. The van der Waals surface area contributed by atoms with Gasteiger partial charge in [-0.3, -0.25) is 4.98 Å². The maximum absolute atomic E-state index is 12.1. The summed E-state index contributed by atoms with van der Waals surface area (Å²) in [7, 11) is 0. The van der Waals surface area contributed by atoms with E-state index in [0.29, 0.717) is 6.04 Å². The van der Waals surface area contributed by atoms with Crippen molar-refractivity contribution >= 4 is 6.03 Å². The molecule has 4 nitrogen and oxygen atoms in total. The van der Waals surface area contributed by atoms with Gasteiger partial charge in [-0.05, 0) is 44.4 Å². The first kappa shape index (κ1) is 13.8. The van der Waals surface area contributed by atoms with E-state index in [2.05, 4.69) is 15.6 Å². The van der Waals surface area contributed by atoms with Crippen LogP contribution >= 0.6 is 0 Å². The van der Waals surface area contributed by atoms with Crippen LogP contribution in [-0.2, 0) is 5.54 Å². The summed E-state index contributed by atoms with van der Waals surface area (Å²) in [6.07, 6.45) is 9.43. The third-order valence-electron chi connectivity index (χ3n) is 3.77. The summed E-state index contributed by atoms with van der Waals surface area (Å²) in [5.41, 5.74) is 0.670. The van der Waals surface area contributed by atoms with E-state index in [1.807, 2.05) is 26.0 Å². The van der Waals surface area contributed by atoms with E-state index in [-0.39, 0.29) is 11.6 Å². The molecule has 1 aromatic rings. The number of hydrogen-bond acceptors (Lipinski definition) is 2. The van der Waals surface area contributed by atoms with Crippen LogP contribution in [0.15, 0.2) is 24.5 Å². The van der Waals surface area contributed by atoms with E-state index in [1.165, 1.54) is 19.3 Å². The number of carbonyl (C=O) groups excluding carboxylic acids is 1. The maximum Gasteiger partial charge on any atom is 0.315 e. The van der Waals surface area contributed by atoms with Crippen molar-refractivity contribution in [2.75, 3.05) is 0 Å². The molecule has 0 unspecified atom stereocenters. The smallest absolute Gasteiger partial charge is 0.315 e. The van der Waals surface area contributed by atoms with Crippen molar-refractivity contribution in [3.05, 3.63) is 30.1 Å². The van der Waals surface area contributed by atoms with Gasteiger partial charge in [0.25, 0.3) is 0 Å². The zero-order chi connectivity index (χ0) is 13.7. The SMILES string of the molecule is CC(C)(NC(=O)NC1CCCCC1)c1ccncc1. The van der Waals surface area contributed by atoms with Crippen LogP contribution in [0.25, 0.3) is 0 Å². The van der Waals surface area contributed by atoms with Gasteiger partial charge in [-0.2, -0.15) is 0 Å². The molecule has 0 saturated heterocycles. The number of hydrogen-bond donors (Lipinski definition) is 2. The lowest BCUT2D eigenvalue weighted by Crippen LogP contribution is -2.49. The number of nitrogens with zero attached hydrogens (tertiary/aromatic N) is 1. The standard InChI is InChI=1S/C15H23N3O/c1-15(2,12-8-10-16-11-9-12)18-14(19)17-13-6-4-3-5-7-13/h8-11,13H,3-7H2,1-2H3,(H2,17,18,19). The van der Waals surface area contributed by atoms with E-state index in [0.717, 1.165) is 18.4 Å². The van der Waals surface area contributed by atoms with Crippen LogP contribution in [0.5, 0.6) is 0 Å². The Kier molecular flexibility index (Phi) is 4.40. The summed E-state index contributed by atoms with van der Waals surface area (Å²) in [6.45, 7) is 4.01. The summed E-state index contributed by atoms with van der Waals surface area (Å²) in [5, 5.41) is 6.12. The fourth-order valence-electron chi connectivity index (χ4n) is 2.59. The molecular formula is C15H23N3O. The van der Waals surface area contributed by atoms with E-state index in [9.17, 15) is 4.79 Å². The Morgan fingerprint density at radius 2 is 1.84 bits per heavy atom. The molecule has 1 saturated carbocycles. The highest BCUT2D eigenvalue weighted by Gasteiger charge is 2.24. The van der Waals surface area contributed by atoms with Gasteiger partial charge in [-0.25, -0.2) is 4.79 Å². The number of amides is 2. The highest BCUT2D eigenvalue weighted by molar-refractivity contribution is 5.75. The van der Waals surface area contributed by atoms with Crippen LogP contribution in [0.3, 0.4) is 0 Å². The molecule has 0 aromatic carbocycles. The average Bonchev–Trinajstić information content (AvgIpc) is 2.40. The molecule has 19 heavy (non-hydrogen) atoms. The predicted octanol–water partition coefficient (Wildman–Crippen LogP) is 2.95. The van der Waals surface area contributed by atoms with Gasteiger partial charge in [0, 0.05) is 18.4 Å². The van der Waals surface area contributed by atoms with Crippen molar-refractivity contribution in [3.8, 4) is 0 Å². The van der Waals surface area contributed by atoms with Crippen LogP contribution in [0, 0.1) is 0 Å². The predicted molar refractivity (Wildman–Crippen MR) is 75.8 cm³/mol. The van der Waals surface area contributed by atoms with E-state index < -0.39 is 0 Å². The summed E-state index contributed by atoms with van der Waals surface area (Å²) in [4.78, 5) is 16.1. The lowest BCUT2D eigenvalue weighted by Gasteiger charge is -2.29. The lowest BCUT2D eigenvalue weighted by atomic mass is 9.94. The van der Waals surface area contributed by atoms with Crippen molar-refractivity contribution in [1.82, 2.24) is 15.6 Å². The molecule has 1 aliphatic carbocycles. The van der Waals surface area contributed by atoms with Crippen LogP contribution in [0.1, 0.15) is 51.5 Å². The van der Waals surface area contributed by atoms with Crippen molar-refractivity contribution < 1.29 is 4.79 Å². The molecule has 1 fully saturated rings. The normalized spacial score (nSPS) is 16.9. The molecule has 1 heterocycles. The number of rotatable bonds is 3. The summed E-state index contributed by atoms with van der Waals surface area (Å²) >= 11 is 0. The highest BCUT2D eigenvalue weighted by Crippen LogP contribution is 2.20. The van der Waals surface area contributed by atoms with Crippen LogP contribution < -0.4 is 10.6 Å². The molecular weight excluding hydrogens is 238 g/mol. The van der Waals surface area contributed by atoms with Gasteiger partial charge < -0.3 is 10.6 Å². The molecule has 2 N–H and O–H groups in total. The van der Waals surface area contributed by atoms with Crippen molar-refractivity contribution in [3.63, 3.8) is 0 Å². The molecule has 0 atom stereocenters. The van der Waals surface area contributed by atoms with Crippen LogP contribution in [0.2, 0.25) is 0 Å². The summed E-state index contributed by atoms with van der Waals surface area (Å²) in [5.74, 6) is 0. The van der Waals surface area contributed by atoms with Gasteiger partial charge in [0.1, 0.15) is 0 Å². The minimum Gasteiger partial charge on any atom is -0.335 e. The second kappa shape index (κ2) is 6.04. The molecule has 0 aliphatic heterocycles. The second-order valence-corrected chi connectivity index (χ2v) is 5.79. The quantitative estimate of drug-likeness (QED) is 0.879. The molecule has 0 bridgehead atoms. The Morgan fingerprint density at radius 3 is 2.47 bits per heavy atom. The van der Waals surface area contributed by atoms with E-state index in [1.54, 1.807) is 12.4 Å². The molecule has 0 radical (unpaired) electrons. The first-order chi connectivity index (χ1) is 9.08. The lowest BCUT2D eigenvalue weighted by molar-refractivity contribution is 0.222. The molecule has 2 rings (SSSR count). The largest absolute Gasteiger partial charge is 0.335 e. The van der Waals surface area contributed by atoms with E-state index in [4.69, 9.17) is 0 Å². The third-order valence-corrected chi connectivity index (χ3v) is 3.77. The minimum absolute atomic E-state index is 0.0753.